The number of carbonyl (C=O) groups excluding carboxylic acids is 5. The van der Waals surface area contributed by atoms with Gasteiger partial charge in [-0.2, -0.15) is 0 Å². The maximum absolute atomic E-state index is 14.3. The molecule has 4 aliphatic rings. The third-order valence-corrected chi connectivity index (χ3v) is 10.7. The first-order valence-corrected chi connectivity index (χ1v) is 14.4. The number of carbonyl (C=O) groups is 5. The van der Waals surface area contributed by atoms with Gasteiger partial charge in [-0.1, -0.05) is 59.4 Å². The topological polar surface area (TPSA) is 126 Å². The minimum Gasteiger partial charge on any atom is -0.507 e. The van der Waals surface area contributed by atoms with Gasteiger partial charge in [-0.15, -0.1) is 0 Å². The van der Waals surface area contributed by atoms with Gasteiger partial charge in [0.1, 0.15) is 17.5 Å². The summed E-state index contributed by atoms with van der Waals surface area (Å²) in [5, 5.41) is 22.9. The summed E-state index contributed by atoms with van der Waals surface area (Å²) >= 11 is 0. The van der Waals surface area contributed by atoms with Crippen molar-refractivity contribution in [3.05, 3.63) is 28.8 Å². The van der Waals surface area contributed by atoms with Crippen LogP contribution in [-0.2, 0) is 32.0 Å². The number of hydrogen-bond acceptors (Lipinski definition) is 7. The average Bonchev–Trinajstić information content (AvgIpc) is 3.34. The number of ketones is 5. The molecule has 3 unspecified atom stereocenters. The van der Waals surface area contributed by atoms with Crippen molar-refractivity contribution in [2.24, 2.45) is 40.4 Å². The third-order valence-electron chi connectivity index (χ3n) is 10.7. The minimum absolute atomic E-state index is 0.0841. The van der Waals surface area contributed by atoms with Gasteiger partial charge in [-0.3, -0.25) is 24.0 Å². The molecular weight excluding hydrogens is 496 g/mol. The molecule has 1 aromatic rings. The number of aliphatic hydroxyl groups is 1. The van der Waals surface area contributed by atoms with Gasteiger partial charge in [-0.25, -0.2) is 0 Å². The number of aryl methyl sites for hydroxylation is 1. The van der Waals surface area contributed by atoms with Crippen molar-refractivity contribution in [3.8, 4) is 5.75 Å². The second kappa shape index (κ2) is 9.18. The largest absolute Gasteiger partial charge is 0.507 e. The molecule has 3 fully saturated rings. The minimum atomic E-state index is -2.65. The number of Topliss-reactive ketones (excluding diaryl/α,β-unsaturated/α-hetero) is 5. The molecule has 0 radical (unpaired) electrons. The van der Waals surface area contributed by atoms with Crippen LogP contribution < -0.4 is 0 Å². The van der Waals surface area contributed by atoms with E-state index >= 15 is 0 Å². The van der Waals surface area contributed by atoms with Gasteiger partial charge in [-0.05, 0) is 67.1 Å². The van der Waals surface area contributed by atoms with E-state index in [4.69, 9.17) is 0 Å². The summed E-state index contributed by atoms with van der Waals surface area (Å²) in [6, 6.07) is 3.37. The molecule has 0 bridgehead atoms. The molecule has 5 rings (SSSR count). The Morgan fingerprint density at radius 2 is 1.69 bits per heavy atom. The van der Waals surface area contributed by atoms with E-state index in [1.807, 2.05) is 13.0 Å². The van der Waals surface area contributed by atoms with Gasteiger partial charge in [0, 0.05) is 11.3 Å². The van der Waals surface area contributed by atoms with E-state index in [1.54, 1.807) is 20.8 Å². The van der Waals surface area contributed by atoms with Gasteiger partial charge < -0.3 is 10.2 Å². The lowest BCUT2D eigenvalue weighted by Gasteiger charge is -2.61. The quantitative estimate of drug-likeness (QED) is 0.540. The maximum atomic E-state index is 14.3. The summed E-state index contributed by atoms with van der Waals surface area (Å²) < 4.78 is 0. The van der Waals surface area contributed by atoms with Crippen LogP contribution in [0.5, 0.6) is 5.75 Å². The molecule has 0 amide bonds. The van der Waals surface area contributed by atoms with E-state index in [0.29, 0.717) is 12.3 Å². The first-order valence-electron chi connectivity index (χ1n) is 14.4. The number of fused-ring (bicyclic) bond motifs is 3. The first kappa shape index (κ1) is 27.9. The Morgan fingerprint density at radius 1 is 1.05 bits per heavy atom. The van der Waals surface area contributed by atoms with Crippen molar-refractivity contribution < 1.29 is 34.2 Å². The third kappa shape index (κ3) is 3.75. The SMILES string of the molecule is CC(=O)C1C(=O)C(C(C)C)[C@@]2(C)C[C@@]3(C)Cc4c(CCC5CCCC5)ccc(O)c4C(=O)C3C(=O)[C@@]2(O)C1=O. The standard InChI is InChI=1S/C32H40O7/c1-16(2)24-26(35)22(17(3)33)28(37)32(39)29(38)25-27(36)23-20(14-30(25,4)15-31(24,32)5)19(12-13-21(23)34)11-10-18-8-6-7-9-18/h12-13,16,18,22,24-25,34,39H,6-11,14-15H2,1-5H3/t22?,24?,25?,30-,31-,32+/m1/s1. The van der Waals surface area contributed by atoms with E-state index in [1.165, 1.54) is 31.7 Å². The molecular formula is C32H40O7. The Balaban J connectivity index is 1.64. The summed E-state index contributed by atoms with van der Waals surface area (Å²) in [4.78, 5) is 68.2. The fourth-order valence-electron chi connectivity index (χ4n) is 9.09. The van der Waals surface area contributed by atoms with E-state index in [9.17, 15) is 34.2 Å². The number of phenolic OH excluding ortho intramolecular Hbond substituents is 1. The number of aromatic hydroxyl groups is 1. The zero-order valence-corrected chi connectivity index (χ0v) is 23.6. The van der Waals surface area contributed by atoms with E-state index in [0.717, 1.165) is 30.9 Å². The monoisotopic (exact) mass is 536 g/mol. The summed E-state index contributed by atoms with van der Waals surface area (Å²) in [5.41, 5.74) is -3.30. The predicted octanol–water partition coefficient (Wildman–Crippen LogP) is 4.22. The van der Waals surface area contributed by atoms with Crippen LogP contribution >= 0.6 is 0 Å². The van der Waals surface area contributed by atoms with E-state index in [2.05, 4.69) is 0 Å². The lowest BCUT2D eigenvalue weighted by Crippen LogP contribution is -2.76. The Bertz CT molecular complexity index is 1290. The zero-order chi connectivity index (χ0) is 28.7. The Labute approximate surface area is 229 Å². The van der Waals surface area contributed by atoms with E-state index in [-0.39, 0.29) is 23.7 Å². The highest BCUT2D eigenvalue weighted by molar-refractivity contribution is 6.32. The van der Waals surface area contributed by atoms with Crippen LogP contribution in [0.15, 0.2) is 12.1 Å². The highest BCUT2D eigenvalue weighted by Crippen LogP contribution is 2.63. The van der Waals surface area contributed by atoms with Gasteiger partial charge in [0.2, 0.25) is 0 Å². The number of phenols is 1. The highest BCUT2D eigenvalue weighted by atomic mass is 16.3. The molecule has 6 atom stereocenters. The van der Waals surface area contributed by atoms with Crippen molar-refractivity contribution in [2.75, 3.05) is 0 Å². The normalized spacial score (nSPS) is 36.6. The average molecular weight is 537 g/mol. The van der Waals surface area contributed by atoms with Crippen LogP contribution in [0.4, 0.5) is 0 Å². The summed E-state index contributed by atoms with van der Waals surface area (Å²) in [7, 11) is 0. The molecule has 4 aliphatic carbocycles. The van der Waals surface area contributed by atoms with Crippen LogP contribution in [-0.4, -0.2) is 44.7 Å². The van der Waals surface area contributed by atoms with Gasteiger partial charge in [0.05, 0.1) is 11.5 Å². The predicted molar refractivity (Wildman–Crippen MR) is 143 cm³/mol. The van der Waals surface area contributed by atoms with Crippen molar-refractivity contribution in [1.82, 2.24) is 0 Å². The Morgan fingerprint density at radius 3 is 2.28 bits per heavy atom. The second-order valence-electron chi connectivity index (χ2n) is 13.6. The fraction of sp³-hybridized carbons (Fsp3) is 0.656. The van der Waals surface area contributed by atoms with Crippen LogP contribution in [0.2, 0.25) is 0 Å². The van der Waals surface area contributed by atoms with Crippen LogP contribution in [0.25, 0.3) is 0 Å². The van der Waals surface area contributed by atoms with Crippen molar-refractivity contribution >= 4 is 28.9 Å². The highest BCUT2D eigenvalue weighted by Gasteiger charge is 2.76. The lowest BCUT2D eigenvalue weighted by atomic mass is 9.40. The molecule has 2 N–H and O–H groups in total. The van der Waals surface area contributed by atoms with Crippen molar-refractivity contribution in [3.63, 3.8) is 0 Å². The molecule has 0 aromatic heterocycles. The molecule has 39 heavy (non-hydrogen) atoms. The number of hydrogen-bond donors (Lipinski definition) is 2. The number of benzene rings is 1. The first-order chi connectivity index (χ1) is 18.2. The Hall–Kier alpha value is -2.67. The molecule has 0 spiro atoms. The second-order valence-corrected chi connectivity index (χ2v) is 13.6. The summed E-state index contributed by atoms with van der Waals surface area (Å²) in [5.74, 6) is -7.85. The molecule has 1 aromatic carbocycles. The van der Waals surface area contributed by atoms with Crippen molar-refractivity contribution in [2.45, 2.75) is 91.6 Å². The molecule has 7 nitrogen and oxygen atoms in total. The zero-order valence-electron chi connectivity index (χ0n) is 23.6. The van der Waals surface area contributed by atoms with Crippen LogP contribution in [0.3, 0.4) is 0 Å². The summed E-state index contributed by atoms with van der Waals surface area (Å²) in [6.45, 7) is 8.14. The van der Waals surface area contributed by atoms with Crippen LogP contribution in [0.1, 0.15) is 94.6 Å². The smallest absolute Gasteiger partial charge is 0.190 e. The number of rotatable bonds is 5. The Kier molecular flexibility index (Phi) is 6.57. The lowest BCUT2D eigenvalue weighted by molar-refractivity contribution is -0.205. The van der Waals surface area contributed by atoms with E-state index < -0.39 is 63.1 Å². The van der Waals surface area contributed by atoms with Gasteiger partial charge in [0.25, 0.3) is 0 Å². The molecule has 0 heterocycles. The van der Waals surface area contributed by atoms with Gasteiger partial charge in [0.15, 0.2) is 28.7 Å². The van der Waals surface area contributed by atoms with Crippen molar-refractivity contribution in [1.29, 1.82) is 0 Å². The fourth-order valence-corrected chi connectivity index (χ4v) is 9.09. The maximum Gasteiger partial charge on any atom is 0.190 e. The molecule has 0 saturated heterocycles. The van der Waals surface area contributed by atoms with Crippen LogP contribution in [0, 0.1) is 40.4 Å². The molecule has 3 saturated carbocycles. The van der Waals surface area contributed by atoms with Gasteiger partial charge >= 0.3 is 0 Å². The molecule has 210 valence electrons. The molecule has 7 heteroatoms. The summed E-state index contributed by atoms with van der Waals surface area (Å²) in [6.07, 6.45) is 7.02. The molecule has 0 aliphatic heterocycles.